The van der Waals surface area contributed by atoms with E-state index < -0.39 is 0 Å². The van der Waals surface area contributed by atoms with E-state index in [1.165, 1.54) is 0 Å². The van der Waals surface area contributed by atoms with Crippen molar-refractivity contribution in [2.45, 2.75) is 19.4 Å². The minimum atomic E-state index is -0.327. The van der Waals surface area contributed by atoms with E-state index in [0.717, 1.165) is 5.56 Å². The number of benzene rings is 1. The van der Waals surface area contributed by atoms with Crippen LogP contribution in [0, 0.1) is 12.3 Å². The van der Waals surface area contributed by atoms with E-state index in [1.807, 2.05) is 37.3 Å². The first kappa shape index (κ1) is 11.2. The van der Waals surface area contributed by atoms with Crippen molar-refractivity contribution in [2.24, 2.45) is 0 Å². The van der Waals surface area contributed by atoms with Gasteiger partial charge in [0.2, 0.25) is 0 Å². The highest BCUT2D eigenvalue weighted by molar-refractivity contribution is 5.62. The number of hydrogen-bond donors (Lipinski definition) is 0. The average molecular weight is 228 g/mol. The van der Waals surface area contributed by atoms with Gasteiger partial charge >= 0.3 is 5.95 Å². The molecule has 4 heteroatoms. The molecular weight excluding hydrogens is 216 g/mol. The van der Waals surface area contributed by atoms with E-state index >= 15 is 0 Å². The maximum atomic E-state index is 5.51. The SMILES string of the molecule is C#CC(CC)Oc1onnc1-c1ccccc1. The number of hydrogen-bond acceptors (Lipinski definition) is 4. The lowest BCUT2D eigenvalue weighted by atomic mass is 10.2. The van der Waals surface area contributed by atoms with Crippen molar-refractivity contribution in [3.05, 3.63) is 30.3 Å². The van der Waals surface area contributed by atoms with E-state index in [4.69, 9.17) is 15.7 Å². The van der Waals surface area contributed by atoms with Gasteiger partial charge < -0.3 is 4.74 Å². The molecule has 2 rings (SSSR count). The Kier molecular flexibility index (Phi) is 3.41. The second-order valence-corrected chi connectivity index (χ2v) is 3.46. The minimum Gasteiger partial charge on any atom is -0.446 e. The summed E-state index contributed by atoms with van der Waals surface area (Å²) in [6.45, 7) is 1.94. The molecule has 0 bridgehead atoms. The van der Waals surface area contributed by atoms with Crippen LogP contribution in [-0.2, 0) is 0 Å². The van der Waals surface area contributed by atoms with Crippen LogP contribution in [0.25, 0.3) is 11.3 Å². The lowest BCUT2D eigenvalue weighted by molar-refractivity contribution is 0.174. The monoisotopic (exact) mass is 228 g/mol. The fraction of sp³-hybridized carbons (Fsp3) is 0.231. The first-order chi connectivity index (χ1) is 8.35. The van der Waals surface area contributed by atoms with Gasteiger partial charge in [-0.25, -0.2) is 0 Å². The first-order valence-corrected chi connectivity index (χ1v) is 5.35. The molecule has 0 N–H and O–H groups in total. The molecule has 1 unspecified atom stereocenters. The largest absolute Gasteiger partial charge is 0.446 e. The molecule has 86 valence electrons. The van der Waals surface area contributed by atoms with Crippen LogP contribution in [0.1, 0.15) is 13.3 Å². The summed E-state index contributed by atoms with van der Waals surface area (Å²) in [5.74, 6) is 2.80. The van der Waals surface area contributed by atoms with Crippen LogP contribution < -0.4 is 4.74 Å². The smallest absolute Gasteiger partial charge is 0.341 e. The zero-order valence-corrected chi connectivity index (χ0v) is 9.46. The summed E-state index contributed by atoms with van der Waals surface area (Å²) in [5.41, 5.74) is 1.45. The van der Waals surface area contributed by atoms with E-state index in [-0.39, 0.29) is 12.1 Å². The Morgan fingerprint density at radius 3 is 2.82 bits per heavy atom. The standard InChI is InChI=1S/C13H12N2O2/c1-3-11(4-2)16-13-12(14-15-17-13)10-8-6-5-7-9-10/h1,5-9,11H,4H2,2H3. The molecule has 0 amide bonds. The number of ether oxygens (including phenoxy) is 1. The Hall–Kier alpha value is -2.28. The fourth-order valence-electron chi connectivity index (χ4n) is 1.40. The summed E-state index contributed by atoms with van der Waals surface area (Å²) < 4.78 is 10.5. The Bertz CT molecular complexity index is 514. The van der Waals surface area contributed by atoms with Gasteiger partial charge in [0.15, 0.2) is 11.8 Å². The zero-order chi connectivity index (χ0) is 12.1. The summed E-state index contributed by atoms with van der Waals surface area (Å²) >= 11 is 0. The van der Waals surface area contributed by atoms with Crippen molar-refractivity contribution in [1.82, 2.24) is 10.4 Å². The van der Waals surface area contributed by atoms with Gasteiger partial charge in [-0.15, -0.1) is 11.5 Å². The van der Waals surface area contributed by atoms with Crippen LogP contribution in [0.15, 0.2) is 34.9 Å². The Balaban J connectivity index is 2.27. The predicted molar refractivity (Wildman–Crippen MR) is 63.3 cm³/mol. The molecule has 1 atom stereocenters. The normalized spacial score (nSPS) is 11.8. The van der Waals surface area contributed by atoms with Crippen LogP contribution in [-0.4, -0.2) is 16.5 Å². The number of nitrogens with zero attached hydrogens (tertiary/aromatic N) is 2. The highest BCUT2D eigenvalue weighted by Crippen LogP contribution is 2.27. The molecule has 0 aliphatic heterocycles. The number of aromatic nitrogens is 2. The molecule has 0 aliphatic rings. The van der Waals surface area contributed by atoms with Crippen molar-refractivity contribution >= 4 is 0 Å². The quantitative estimate of drug-likeness (QED) is 0.754. The van der Waals surface area contributed by atoms with Crippen LogP contribution >= 0.6 is 0 Å². The molecule has 0 saturated heterocycles. The summed E-state index contributed by atoms with van der Waals surface area (Å²) in [6.07, 6.45) is 5.70. The van der Waals surface area contributed by atoms with Crippen LogP contribution in [0.3, 0.4) is 0 Å². The molecule has 0 saturated carbocycles. The third-order valence-corrected chi connectivity index (χ3v) is 2.31. The third kappa shape index (κ3) is 2.45. The maximum absolute atomic E-state index is 5.51. The molecule has 17 heavy (non-hydrogen) atoms. The highest BCUT2D eigenvalue weighted by Gasteiger charge is 2.16. The topological polar surface area (TPSA) is 48.2 Å². The molecule has 1 aromatic carbocycles. The van der Waals surface area contributed by atoms with Crippen LogP contribution in [0.4, 0.5) is 0 Å². The molecule has 2 aromatic rings. The Morgan fingerprint density at radius 1 is 1.41 bits per heavy atom. The van der Waals surface area contributed by atoms with E-state index in [1.54, 1.807) is 0 Å². The highest BCUT2D eigenvalue weighted by atomic mass is 16.6. The molecule has 0 aliphatic carbocycles. The van der Waals surface area contributed by atoms with Gasteiger partial charge in [0.1, 0.15) is 0 Å². The number of terminal acetylenes is 1. The summed E-state index contributed by atoms with van der Waals surface area (Å²) in [6, 6.07) is 9.55. The Labute approximate surface area is 99.6 Å². The van der Waals surface area contributed by atoms with Crippen molar-refractivity contribution in [2.75, 3.05) is 0 Å². The second kappa shape index (κ2) is 5.17. The van der Waals surface area contributed by atoms with Crippen molar-refractivity contribution in [3.8, 4) is 29.5 Å². The van der Waals surface area contributed by atoms with Gasteiger partial charge in [-0.05, 0) is 6.42 Å². The first-order valence-electron chi connectivity index (χ1n) is 5.35. The van der Waals surface area contributed by atoms with Gasteiger partial charge in [0, 0.05) is 10.8 Å². The van der Waals surface area contributed by atoms with Gasteiger partial charge in [-0.3, -0.25) is 4.52 Å². The third-order valence-electron chi connectivity index (χ3n) is 2.31. The lowest BCUT2D eigenvalue weighted by Crippen LogP contribution is -2.12. The zero-order valence-electron chi connectivity index (χ0n) is 9.46. The van der Waals surface area contributed by atoms with Gasteiger partial charge in [0.05, 0.1) is 0 Å². The van der Waals surface area contributed by atoms with Crippen molar-refractivity contribution < 1.29 is 9.26 Å². The molecule has 1 aromatic heterocycles. The molecule has 0 fully saturated rings. The van der Waals surface area contributed by atoms with E-state index in [0.29, 0.717) is 12.1 Å². The Morgan fingerprint density at radius 2 is 2.18 bits per heavy atom. The van der Waals surface area contributed by atoms with Crippen LogP contribution in [0.2, 0.25) is 0 Å². The lowest BCUT2D eigenvalue weighted by Gasteiger charge is -2.08. The molecular formula is C13H12N2O2. The van der Waals surface area contributed by atoms with E-state index in [9.17, 15) is 0 Å². The second-order valence-electron chi connectivity index (χ2n) is 3.46. The van der Waals surface area contributed by atoms with E-state index in [2.05, 4.69) is 16.3 Å². The van der Waals surface area contributed by atoms with Gasteiger partial charge in [-0.2, -0.15) is 0 Å². The van der Waals surface area contributed by atoms with Gasteiger partial charge in [0.25, 0.3) is 0 Å². The van der Waals surface area contributed by atoms with Gasteiger partial charge in [-0.1, -0.05) is 43.2 Å². The van der Waals surface area contributed by atoms with Crippen LogP contribution in [0.5, 0.6) is 5.95 Å². The minimum absolute atomic E-state index is 0.265. The summed E-state index contributed by atoms with van der Waals surface area (Å²) in [4.78, 5) is 0. The fourth-order valence-corrected chi connectivity index (χ4v) is 1.40. The predicted octanol–water partition coefficient (Wildman–Crippen LogP) is 2.53. The summed E-state index contributed by atoms with van der Waals surface area (Å²) in [5, 5.41) is 7.40. The maximum Gasteiger partial charge on any atom is 0.341 e. The molecule has 4 nitrogen and oxygen atoms in total. The number of rotatable bonds is 4. The van der Waals surface area contributed by atoms with Crippen molar-refractivity contribution in [1.29, 1.82) is 0 Å². The molecule has 0 radical (unpaired) electrons. The summed E-state index contributed by atoms with van der Waals surface area (Å²) in [7, 11) is 0. The van der Waals surface area contributed by atoms with Crippen molar-refractivity contribution in [3.63, 3.8) is 0 Å². The molecule has 0 spiro atoms. The molecule has 1 heterocycles. The average Bonchev–Trinajstić information content (AvgIpc) is 2.85.